The molecule has 20 heavy (non-hydrogen) atoms. The highest BCUT2D eigenvalue weighted by Crippen LogP contribution is 2.17. The molecule has 2 rings (SSSR count). The first-order valence-corrected chi connectivity index (χ1v) is 8.33. The highest BCUT2D eigenvalue weighted by atomic mass is 35.5. The number of nitrogens with zero attached hydrogens (tertiary/aromatic N) is 2. The van der Waals surface area contributed by atoms with Crippen molar-refractivity contribution >= 4 is 21.6 Å². The quantitative estimate of drug-likeness (QED) is 0.810. The topological polar surface area (TPSA) is 71.5 Å². The van der Waals surface area contributed by atoms with E-state index in [1.807, 2.05) is 0 Å². The van der Waals surface area contributed by atoms with Gasteiger partial charge >= 0.3 is 0 Å². The smallest absolute Gasteiger partial charge is 0.243 e. The van der Waals surface area contributed by atoms with Crippen molar-refractivity contribution in [2.75, 3.05) is 32.8 Å². The van der Waals surface area contributed by atoms with E-state index in [-0.39, 0.29) is 22.7 Å². The van der Waals surface area contributed by atoms with Crippen molar-refractivity contribution in [3.8, 4) is 0 Å². The Hall–Kier alpha value is -0.730. The van der Waals surface area contributed by atoms with Crippen LogP contribution in [0.2, 0.25) is 5.15 Å². The second-order valence-electron chi connectivity index (χ2n) is 4.53. The second-order valence-corrected chi connectivity index (χ2v) is 6.62. The van der Waals surface area contributed by atoms with Crippen LogP contribution in [0.4, 0.5) is 0 Å². The van der Waals surface area contributed by atoms with E-state index in [2.05, 4.69) is 21.5 Å². The lowest BCUT2D eigenvalue weighted by Crippen LogP contribution is -2.47. The normalized spacial score (nSPS) is 21.0. The van der Waals surface area contributed by atoms with Crippen molar-refractivity contribution in [2.45, 2.75) is 17.9 Å². The molecule has 8 heteroatoms. The zero-order chi connectivity index (χ0) is 14.6. The van der Waals surface area contributed by atoms with Gasteiger partial charge in [0.15, 0.2) is 0 Å². The molecule has 1 saturated heterocycles. The van der Waals surface area contributed by atoms with Gasteiger partial charge < -0.3 is 4.74 Å². The summed E-state index contributed by atoms with van der Waals surface area (Å²) in [6.07, 6.45) is 1.30. The average molecular weight is 320 g/mol. The number of morpholine rings is 1. The van der Waals surface area contributed by atoms with E-state index in [9.17, 15) is 8.42 Å². The standard InChI is InChI=1S/C12H18ClN3O3S/c1-2-16-6-7-19-10(9-16)8-15-20(17,18)11-4-3-5-14-12(11)13/h3-5,10,15H,2,6-9H2,1H3. The van der Waals surface area contributed by atoms with Crippen LogP contribution in [0, 0.1) is 0 Å². The summed E-state index contributed by atoms with van der Waals surface area (Å²) in [5.74, 6) is 0. The first-order valence-electron chi connectivity index (χ1n) is 6.47. The van der Waals surface area contributed by atoms with Crippen LogP contribution in [0.1, 0.15) is 6.92 Å². The number of ether oxygens (including phenoxy) is 1. The number of halogens is 1. The Balaban J connectivity index is 1.98. The molecule has 6 nitrogen and oxygen atoms in total. The molecule has 0 radical (unpaired) electrons. The fraction of sp³-hybridized carbons (Fsp3) is 0.583. The van der Waals surface area contributed by atoms with Crippen LogP contribution in [-0.2, 0) is 14.8 Å². The van der Waals surface area contributed by atoms with Crippen molar-refractivity contribution < 1.29 is 13.2 Å². The van der Waals surface area contributed by atoms with Crippen LogP contribution in [0.3, 0.4) is 0 Å². The van der Waals surface area contributed by atoms with E-state index in [1.165, 1.54) is 18.3 Å². The fourth-order valence-corrected chi connectivity index (χ4v) is 3.56. The maximum atomic E-state index is 12.1. The lowest BCUT2D eigenvalue weighted by atomic mass is 10.3. The van der Waals surface area contributed by atoms with Gasteiger partial charge in [0.25, 0.3) is 0 Å². The maximum absolute atomic E-state index is 12.1. The van der Waals surface area contributed by atoms with Crippen molar-refractivity contribution in [1.82, 2.24) is 14.6 Å². The van der Waals surface area contributed by atoms with E-state index in [0.29, 0.717) is 6.61 Å². The van der Waals surface area contributed by atoms with E-state index in [0.717, 1.165) is 19.6 Å². The largest absolute Gasteiger partial charge is 0.374 e. The summed E-state index contributed by atoms with van der Waals surface area (Å²) < 4.78 is 32.4. The summed E-state index contributed by atoms with van der Waals surface area (Å²) in [5.41, 5.74) is 0. The first-order chi connectivity index (χ1) is 9.53. The van der Waals surface area contributed by atoms with E-state index in [1.54, 1.807) is 0 Å². The molecule has 1 aromatic rings. The monoisotopic (exact) mass is 319 g/mol. The van der Waals surface area contributed by atoms with Gasteiger partial charge in [-0.05, 0) is 18.7 Å². The minimum absolute atomic E-state index is 0.00942. The summed E-state index contributed by atoms with van der Waals surface area (Å²) in [6.45, 7) is 5.45. The summed E-state index contributed by atoms with van der Waals surface area (Å²) in [4.78, 5) is 5.98. The third kappa shape index (κ3) is 3.89. The third-order valence-corrected chi connectivity index (χ3v) is 5.05. The molecule has 0 aliphatic carbocycles. The van der Waals surface area contributed by atoms with Crippen molar-refractivity contribution in [1.29, 1.82) is 0 Å². The molecule has 2 heterocycles. The highest BCUT2D eigenvalue weighted by molar-refractivity contribution is 7.89. The molecule has 1 atom stereocenters. The summed E-state index contributed by atoms with van der Waals surface area (Å²) in [7, 11) is -3.66. The van der Waals surface area contributed by atoms with Gasteiger partial charge in [-0.2, -0.15) is 0 Å². The molecule has 112 valence electrons. The first kappa shape index (κ1) is 15.7. The zero-order valence-electron chi connectivity index (χ0n) is 11.3. The molecular formula is C12H18ClN3O3S. The van der Waals surface area contributed by atoms with Gasteiger partial charge in [0.2, 0.25) is 10.0 Å². The summed E-state index contributed by atoms with van der Waals surface area (Å²) >= 11 is 5.81. The highest BCUT2D eigenvalue weighted by Gasteiger charge is 2.23. The number of aromatic nitrogens is 1. The van der Waals surface area contributed by atoms with E-state index < -0.39 is 10.0 Å². The zero-order valence-corrected chi connectivity index (χ0v) is 12.8. The number of pyridine rings is 1. The lowest BCUT2D eigenvalue weighted by Gasteiger charge is -2.32. The number of likely N-dealkylation sites (N-methyl/N-ethyl adjacent to an activating group) is 1. The van der Waals surface area contributed by atoms with Crippen molar-refractivity contribution in [3.05, 3.63) is 23.5 Å². The molecule has 1 aliphatic heterocycles. The van der Waals surface area contributed by atoms with E-state index >= 15 is 0 Å². The van der Waals surface area contributed by atoms with Gasteiger partial charge in [0.05, 0.1) is 12.7 Å². The SMILES string of the molecule is CCN1CCOC(CNS(=O)(=O)c2cccnc2Cl)C1. The minimum atomic E-state index is -3.66. The Morgan fingerprint density at radius 1 is 1.60 bits per heavy atom. The molecule has 0 bridgehead atoms. The number of sulfonamides is 1. The Labute approximate surface area is 124 Å². The third-order valence-electron chi connectivity index (χ3n) is 3.19. The van der Waals surface area contributed by atoms with Crippen LogP contribution in [0.15, 0.2) is 23.2 Å². The van der Waals surface area contributed by atoms with Crippen LogP contribution in [0.5, 0.6) is 0 Å². The minimum Gasteiger partial charge on any atom is -0.374 e. The molecule has 0 saturated carbocycles. The van der Waals surface area contributed by atoms with Gasteiger partial charge in [-0.3, -0.25) is 4.90 Å². The maximum Gasteiger partial charge on any atom is 0.243 e. The van der Waals surface area contributed by atoms with Crippen LogP contribution >= 0.6 is 11.6 Å². The van der Waals surface area contributed by atoms with Crippen molar-refractivity contribution in [3.63, 3.8) is 0 Å². The lowest BCUT2D eigenvalue weighted by molar-refractivity contribution is -0.0229. The average Bonchev–Trinajstić information content (AvgIpc) is 2.46. The molecular weight excluding hydrogens is 302 g/mol. The number of nitrogens with one attached hydrogen (secondary N) is 1. The van der Waals surface area contributed by atoms with Gasteiger partial charge in [-0.15, -0.1) is 0 Å². The molecule has 0 aromatic carbocycles. The Kier molecular flexibility index (Phi) is 5.34. The Morgan fingerprint density at radius 3 is 3.10 bits per heavy atom. The Morgan fingerprint density at radius 2 is 2.40 bits per heavy atom. The molecule has 0 spiro atoms. The molecule has 0 amide bonds. The number of hydrogen-bond donors (Lipinski definition) is 1. The van der Waals surface area contributed by atoms with Crippen molar-refractivity contribution in [2.24, 2.45) is 0 Å². The van der Waals surface area contributed by atoms with E-state index in [4.69, 9.17) is 16.3 Å². The van der Waals surface area contributed by atoms with Crippen LogP contribution in [-0.4, -0.2) is 57.2 Å². The molecule has 1 aliphatic rings. The summed E-state index contributed by atoms with van der Waals surface area (Å²) in [6, 6.07) is 2.97. The molecule has 1 unspecified atom stereocenters. The molecule has 1 fully saturated rings. The second kappa shape index (κ2) is 6.82. The van der Waals surface area contributed by atoms with Gasteiger partial charge in [-0.25, -0.2) is 18.1 Å². The molecule has 1 aromatic heterocycles. The van der Waals surface area contributed by atoms with Gasteiger partial charge in [0.1, 0.15) is 10.0 Å². The molecule has 1 N–H and O–H groups in total. The predicted octanol–water partition coefficient (Wildman–Crippen LogP) is 0.734. The van der Waals surface area contributed by atoms with Gasteiger partial charge in [0, 0.05) is 25.8 Å². The van der Waals surface area contributed by atoms with Gasteiger partial charge in [-0.1, -0.05) is 18.5 Å². The van der Waals surface area contributed by atoms with Crippen LogP contribution in [0.25, 0.3) is 0 Å². The summed E-state index contributed by atoms with van der Waals surface area (Å²) in [5, 5.41) is -0.0280. The number of rotatable bonds is 5. The number of hydrogen-bond acceptors (Lipinski definition) is 5. The fourth-order valence-electron chi connectivity index (χ4n) is 2.04. The predicted molar refractivity (Wildman–Crippen MR) is 76.3 cm³/mol. The Bertz CT molecular complexity index is 553. The van der Waals surface area contributed by atoms with Crippen LogP contribution < -0.4 is 4.72 Å².